The highest BCUT2D eigenvalue weighted by Crippen LogP contribution is 2.24. The first-order valence-electron chi connectivity index (χ1n) is 3.86. The number of H-pyrrole nitrogens is 1. The zero-order valence-corrected chi connectivity index (χ0v) is 9.37. The van der Waals surface area contributed by atoms with Gasteiger partial charge in [0.1, 0.15) is 10.5 Å². The van der Waals surface area contributed by atoms with Crippen molar-refractivity contribution in [2.45, 2.75) is 10.2 Å². The van der Waals surface area contributed by atoms with Gasteiger partial charge in [0.05, 0.1) is 0 Å². The van der Waals surface area contributed by atoms with E-state index in [0.29, 0.717) is 5.65 Å². The molecule has 7 heteroatoms. The van der Waals surface area contributed by atoms with Crippen LogP contribution in [0, 0.1) is 0 Å². The lowest BCUT2D eigenvalue weighted by atomic mass is 10.5. The number of thioether (sulfide) groups is 2. The summed E-state index contributed by atoms with van der Waals surface area (Å²) in [6, 6.07) is 0. The number of nitrogens with zero attached hydrogens (tertiary/aromatic N) is 3. The third-order valence-corrected chi connectivity index (χ3v) is 2.96. The minimum Gasteiger partial charge on any atom is -0.368 e. The fraction of sp³-hybridized carbons (Fsp3) is 0.286. The summed E-state index contributed by atoms with van der Waals surface area (Å²) in [5.74, 6) is 0.265. The zero-order chi connectivity index (χ0) is 10.1. The molecule has 0 atom stereocenters. The van der Waals surface area contributed by atoms with Gasteiger partial charge in [-0.05, 0) is 12.5 Å². The van der Waals surface area contributed by atoms with Crippen molar-refractivity contribution in [3.8, 4) is 0 Å². The number of aromatic amines is 1. The highest BCUT2D eigenvalue weighted by molar-refractivity contribution is 7.99. The first kappa shape index (κ1) is 9.60. The summed E-state index contributed by atoms with van der Waals surface area (Å²) in [6.45, 7) is 0. The smallest absolute Gasteiger partial charge is 0.223 e. The lowest BCUT2D eigenvalue weighted by molar-refractivity contribution is 1.07. The fourth-order valence-corrected chi connectivity index (χ4v) is 2.02. The van der Waals surface area contributed by atoms with Crippen LogP contribution in [0.4, 0.5) is 5.95 Å². The van der Waals surface area contributed by atoms with Crippen LogP contribution in [0.1, 0.15) is 0 Å². The standard InChI is InChI=1S/C7H9N5S2/c1-13-5-3-4(10-6(8)12-5)11-7(9-3)14-2/h1-2H3,(H3,8,9,10,11,12). The topological polar surface area (TPSA) is 80.5 Å². The molecule has 0 aromatic carbocycles. The second-order valence-corrected chi connectivity index (χ2v) is 4.13. The van der Waals surface area contributed by atoms with Gasteiger partial charge in [-0.2, -0.15) is 4.98 Å². The molecule has 0 aliphatic rings. The molecule has 0 aliphatic carbocycles. The summed E-state index contributed by atoms with van der Waals surface area (Å²) in [5, 5.41) is 1.66. The maximum Gasteiger partial charge on any atom is 0.223 e. The van der Waals surface area contributed by atoms with Crippen LogP contribution >= 0.6 is 23.5 Å². The van der Waals surface area contributed by atoms with Crippen LogP contribution in [0.25, 0.3) is 11.2 Å². The number of anilines is 1. The molecule has 14 heavy (non-hydrogen) atoms. The summed E-state index contributed by atoms with van der Waals surface area (Å²) >= 11 is 3.06. The van der Waals surface area contributed by atoms with Gasteiger partial charge in [0.2, 0.25) is 5.95 Å². The molecule has 0 fully saturated rings. The van der Waals surface area contributed by atoms with E-state index in [0.717, 1.165) is 15.7 Å². The Bertz CT molecular complexity index is 466. The van der Waals surface area contributed by atoms with Crippen LogP contribution < -0.4 is 5.73 Å². The molecular weight excluding hydrogens is 218 g/mol. The van der Waals surface area contributed by atoms with E-state index >= 15 is 0 Å². The van der Waals surface area contributed by atoms with Gasteiger partial charge in [-0.1, -0.05) is 11.8 Å². The lowest BCUT2D eigenvalue weighted by Crippen LogP contribution is -1.96. The molecule has 0 saturated heterocycles. The van der Waals surface area contributed by atoms with E-state index in [4.69, 9.17) is 5.73 Å². The Morgan fingerprint density at radius 3 is 2.57 bits per heavy atom. The third-order valence-electron chi connectivity index (χ3n) is 1.70. The molecule has 0 unspecified atom stereocenters. The van der Waals surface area contributed by atoms with E-state index in [-0.39, 0.29) is 5.95 Å². The normalized spacial score (nSPS) is 11.0. The van der Waals surface area contributed by atoms with Crippen LogP contribution in [-0.2, 0) is 0 Å². The van der Waals surface area contributed by atoms with E-state index in [9.17, 15) is 0 Å². The minimum absolute atomic E-state index is 0.265. The molecule has 2 aromatic heterocycles. The number of fused-ring (bicyclic) bond motifs is 1. The van der Waals surface area contributed by atoms with Crippen molar-refractivity contribution in [2.24, 2.45) is 0 Å². The fourth-order valence-electron chi connectivity index (χ4n) is 1.11. The van der Waals surface area contributed by atoms with Crippen molar-refractivity contribution in [1.29, 1.82) is 0 Å². The second-order valence-electron chi connectivity index (χ2n) is 2.54. The molecule has 0 spiro atoms. The van der Waals surface area contributed by atoms with Crippen LogP contribution in [0.15, 0.2) is 10.2 Å². The Kier molecular flexibility index (Phi) is 2.51. The Morgan fingerprint density at radius 2 is 1.93 bits per heavy atom. The van der Waals surface area contributed by atoms with Gasteiger partial charge in [-0.25, -0.2) is 9.97 Å². The summed E-state index contributed by atoms with van der Waals surface area (Å²) in [7, 11) is 0. The van der Waals surface area contributed by atoms with Gasteiger partial charge < -0.3 is 10.7 Å². The highest BCUT2D eigenvalue weighted by atomic mass is 32.2. The van der Waals surface area contributed by atoms with E-state index in [2.05, 4.69) is 19.9 Å². The van der Waals surface area contributed by atoms with Crippen molar-refractivity contribution in [3.05, 3.63) is 0 Å². The van der Waals surface area contributed by atoms with Crippen LogP contribution in [0.5, 0.6) is 0 Å². The van der Waals surface area contributed by atoms with Gasteiger partial charge in [0.15, 0.2) is 10.8 Å². The monoisotopic (exact) mass is 227 g/mol. The SMILES string of the molecule is CSc1nc2nc(N)nc(SC)c2[nH]1. The average Bonchev–Trinajstić information content (AvgIpc) is 2.59. The lowest BCUT2D eigenvalue weighted by Gasteiger charge is -1.97. The van der Waals surface area contributed by atoms with E-state index in [1.54, 1.807) is 0 Å². The van der Waals surface area contributed by atoms with Crippen LogP contribution in [0.3, 0.4) is 0 Å². The maximum absolute atomic E-state index is 5.55. The molecule has 3 N–H and O–H groups in total. The maximum atomic E-state index is 5.55. The molecular formula is C7H9N5S2. The molecule has 0 aliphatic heterocycles. The highest BCUT2D eigenvalue weighted by Gasteiger charge is 2.09. The Labute approximate surface area is 89.3 Å². The molecule has 0 bridgehead atoms. The number of rotatable bonds is 2. The third kappa shape index (κ3) is 1.53. The van der Waals surface area contributed by atoms with Crippen LogP contribution in [0.2, 0.25) is 0 Å². The largest absolute Gasteiger partial charge is 0.368 e. The summed E-state index contributed by atoms with van der Waals surface area (Å²) in [6.07, 6.45) is 3.90. The number of hydrogen-bond donors (Lipinski definition) is 2. The quantitative estimate of drug-likeness (QED) is 0.596. The van der Waals surface area contributed by atoms with Gasteiger partial charge in [0, 0.05) is 0 Å². The van der Waals surface area contributed by atoms with Gasteiger partial charge in [0.25, 0.3) is 0 Å². The van der Waals surface area contributed by atoms with Crippen molar-refractivity contribution in [1.82, 2.24) is 19.9 Å². The predicted molar refractivity (Wildman–Crippen MR) is 59.7 cm³/mol. The molecule has 2 aromatic rings. The molecule has 0 radical (unpaired) electrons. The summed E-state index contributed by atoms with van der Waals surface area (Å²) < 4.78 is 0. The van der Waals surface area contributed by atoms with E-state index in [1.165, 1.54) is 23.5 Å². The number of hydrogen-bond acceptors (Lipinski definition) is 6. The predicted octanol–water partition coefficient (Wildman–Crippen LogP) is 1.38. The minimum atomic E-state index is 0.265. The van der Waals surface area contributed by atoms with Crippen molar-refractivity contribution in [2.75, 3.05) is 18.2 Å². The second kappa shape index (κ2) is 3.66. The number of nitrogens with one attached hydrogen (secondary N) is 1. The van der Waals surface area contributed by atoms with Crippen molar-refractivity contribution >= 4 is 40.6 Å². The molecule has 74 valence electrons. The first-order chi connectivity index (χ1) is 6.74. The number of aromatic nitrogens is 4. The van der Waals surface area contributed by atoms with E-state index < -0.39 is 0 Å². The number of nitrogens with two attached hydrogens (primary N) is 1. The Morgan fingerprint density at radius 1 is 1.14 bits per heavy atom. The Balaban J connectivity index is 2.71. The molecule has 0 saturated carbocycles. The number of nitrogen functional groups attached to an aromatic ring is 1. The van der Waals surface area contributed by atoms with E-state index in [1.807, 2.05) is 12.5 Å². The van der Waals surface area contributed by atoms with Crippen molar-refractivity contribution < 1.29 is 0 Å². The van der Waals surface area contributed by atoms with Crippen LogP contribution in [-0.4, -0.2) is 32.4 Å². The number of imidazole rings is 1. The van der Waals surface area contributed by atoms with Gasteiger partial charge in [-0.15, -0.1) is 11.8 Å². The average molecular weight is 227 g/mol. The molecule has 5 nitrogen and oxygen atoms in total. The zero-order valence-electron chi connectivity index (χ0n) is 7.74. The molecule has 0 amide bonds. The summed E-state index contributed by atoms with van der Waals surface area (Å²) in [5.41, 5.74) is 7.04. The molecule has 2 rings (SSSR count). The van der Waals surface area contributed by atoms with Gasteiger partial charge >= 0.3 is 0 Å². The summed E-state index contributed by atoms with van der Waals surface area (Å²) in [4.78, 5) is 15.6. The first-order valence-corrected chi connectivity index (χ1v) is 6.30. The van der Waals surface area contributed by atoms with Gasteiger partial charge in [-0.3, -0.25) is 0 Å². The van der Waals surface area contributed by atoms with Crippen molar-refractivity contribution in [3.63, 3.8) is 0 Å². The molecule has 2 heterocycles. The Hall–Kier alpha value is -0.950.